The number of nitrogens with one attached hydrogen (secondary N) is 1. The molecule has 0 aliphatic carbocycles. The Bertz CT molecular complexity index is 874. The van der Waals surface area contributed by atoms with Gasteiger partial charge in [0.15, 0.2) is 5.11 Å². The molecule has 0 bridgehead atoms. The van der Waals surface area contributed by atoms with Crippen LogP contribution in [0.4, 0.5) is 23.2 Å². The molecular formula is C15H10F4N4OS. The molecule has 2 aromatic rings. The standard InChI is InChI=1S/C15H10F4N4OS/c16-9-3-1-2-4-11(9)23-13(24)10(21-14(23)25)7-12-20-5-6-22(12)8-15(17,18)19/h1-7H,8H2,(H,21,25)/b10-7-. The quantitative estimate of drug-likeness (QED) is 0.513. The van der Waals surface area contributed by atoms with Crippen molar-refractivity contribution in [2.45, 2.75) is 12.7 Å². The number of benzene rings is 1. The molecule has 0 radical (unpaired) electrons. The number of rotatable bonds is 3. The molecule has 10 heteroatoms. The van der Waals surface area contributed by atoms with Crippen molar-refractivity contribution in [2.75, 3.05) is 4.90 Å². The number of carbonyl (C=O) groups excluding carboxylic acids is 1. The summed E-state index contributed by atoms with van der Waals surface area (Å²) >= 11 is 5.03. The molecule has 1 aromatic heterocycles. The number of nitrogens with zero attached hydrogens (tertiary/aromatic N) is 3. The summed E-state index contributed by atoms with van der Waals surface area (Å²) in [4.78, 5) is 17.2. The first-order valence-corrected chi connectivity index (χ1v) is 7.36. The van der Waals surface area contributed by atoms with Crippen LogP contribution in [0.5, 0.6) is 0 Å². The summed E-state index contributed by atoms with van der Waals surface area (Å²) in [6.07, 6.45) is -0.965. The lowest BCUT2D eigenvalue weighted by molar-refractivity contribution is -0.140. The number of hydrogen-bond acceptors (Lipinski definition) is 3. The highest BCUT2D eigenvalue weighted by molar-refractivity contribution is 7.80. The first-order valence-electron chi connectivity index (χ1n) is 6.96. The van der Waals surface area contributed by atoms with Crippen molar-refractivity contribution in [1.82, 2.24) is 14.9 Å². The third kappa shape index (κ3) is 3.53. The van der Waals surface area contributed by atoms with Gasteiger partial charge < -0.3 is 9.88 Å². The fourth-order valence-electron chi connectivity index (χ4n) is 2.30. The second-order valence-corrected chi connectivity index (χ2v) is 5.50. The molecule has 0 atom stereocenters. The minimum absolute atomic E-state index is 0.0490. The van der Waals surface area contributed by atoms with Crippen LogP contribution >= 0.6 is 12.2 Å². The highest BCUT2D eigenvalue weighted by Gasteiger charge is 2.34. The van der Waals surface area contributed by atoms with Gasteiger partial charge in [0.25, 0.3) is 5.91 Å². The summed E-state index contributed by atoms with van der Waals surface area (Å²) < 4.78 is 52.4. The maximum atomic E-state index is 13.9. The molecule has 2 heterocycles. The van der Waals surface area contributed by atoms with Crippen molar-refractivity contribution in [3.05, 3.63) is 54.0 Å². The Kier molecular flexibility index (Phi) is 4.29. The molecule has 130 valence electrons. The number of imidazole rings is 1. The number of alkyl halides is 3. The van der Waals surface area contributed by atoms with Gasteiger partial charge >= 0.3 is 6.18 Å². The zero-order valence-electron chi connectivity index (χ0n) is 12.4. The molecule has 1 saturated heterocycles. The number of thiocarbonyl (C=S) groups is 1. The lowest BCUT2D eigenvalue weighted by Gasteiger charge is -2.14. The molecule has 1 amide bonds. The maximum Gasteiger partial charge on any atom is 0.406 e. The largest absolute Gasteiger partial charge is 0.406 e. The van der Waals surface area contributed by atoms with E-state index in [-0.39, 0.29) is 22.3 Å². The molecule has 5 nitrogen and oxygen atoms in total. The van der Waals surface area contributed by atoms with Gasteiger partial charge in [-0.1, -0.05) is 12.1 Å². The molecular weight excluding hydrogens is 360 g/mol. The molecule has 1 N–H and O–H groups in total. The van der Waals surface area contributed by atoms with Crippen molar-refractivity contribution >= 4 is 35.0 Å². The molecule has 25 heavy (non-hydrogen) atoms. The minimum atomic E-state index is -4.43. The van der Waals surface area contributed by atoms with Crippen LogP contribution in [-0.4, -0.2) is 26.7 Å². The van der Waals surface area contributed by atoms with Gasteiger partial charge in [-0.3, -0.25) is 4.79 Å². The summed E-state index contributed by atoms with van der Waals surface area (Å²) in [5, 5.41) is 2.50. The van der Waals surface area contributed by atoms with Gasteiger partial charge in [-0.25, -0.2) is 14.3 Å². The SMILES string of the molecule is O=C1/C(=C/c2nccn2CC(F)(F)F)NC(=S)N1c1ccccc1F. The summed E-state index contributed by atoms with van der Waals surface area (Å²) in [5.74, 6) is -1.41. The van der Waals surface area contributed by atoms with E-state index in [1.807, 2.05) is 0 Å². The van der Waals surface area contributed by atoms with E-state index in [0.717, 1.165) is 21.7 Å². The molecule has 1 aliphatic rings. The normalized spacial score (nSPS) is 16.6. The van der Waals surface area contributed by atoms with E-state index in [1.165, 1.54) is 30.5 Å². The van der Waals surface area contributed by atoms with Crippen molar-refractivity contribution < 1.29 is 22.4 Å². The van der Waals surface area contributed by atoms with E-state index in [1.54, 1.807) is 0 Å². The fraction of sp³-hybridized carbons (Fsp3) is 0.133. The minimum Gasteiger partial charge on any atom is -0.327 e. The van der Waals surface area contributed by atoms with Crippen LogP contribution < -0.4 is 10.2 Å². The number of para-hydroxylation sites is 1. The van der Waals surface area contributed by atoms with Gasteiger partial charge in [-0.2, -0.15) is 13.2 Å². The van der Waals surface area contributed by atoms with Gasteiger partial charge in [-0.05, 0) is 24.4 Å². The van der Waals surface area contributed by atoms with Crippen LogP contribution in [0.25, 0.3) is 6.08 Å². The molecule has 0 saturated carbocycles. The van der Waals surface area contributed by atoms with Gasteiger partial charge in [0.05, 0.1) is 5.69 Å². The molecule has 1 aliphatic heterocycles. The van der Waals surface area contributed by atoms with Gasteiger partial charge in [0.1, 0.15) is 23.9 Å². The van der Waals surface area contributed by atoms with Crippen LogP contribution in [0, 0.1) is 5.82 Å². The monoisotopic (exact) mass is 370 g/mol. The Morgan fingerprint density at radius 2 is 2.00 bits per heavy atom. The van der Waals surface area contributed by atoms with Gasteiger partial charge in [0.2, 0.25) is 0 Å². The van der Waals surface area contributed by atoms with Crippen LogP contribution in [0.2, 0.25) is 0 Å². The van der Waals surface area contributed by atoms with Gasteiger partial charge in [0, 0.05) is 18.5 Å². The Hall–Kier alpha value is -2.75. The van der Waals surface area contributed by atoms with Crippen LogP contribution in [0.3, 0.4) is 0 Å². The van der Waals surface area contributed by atoms with Gasteiger partial charge in [-0.15, -0.1) is 0 Å². The zero-order valence-corrected chi connectivity index (χ0v) is 13.2. The smallest absolute Gasteiger partial charge is 0.327 e. The Balaban J connectivity index is 1.92. The van der Waals surface area contributed by atoms with E-state index in [2.05, 4.69) is 10.3 Å². The first kappa shape index (κ1) is 17.1. The predicted octanol–water partition coefficient (Wildman–Crippen LogP) is 2.85. The van der Waals surface area contributed by atoms with E-state index in [9.17, 15) is 22.4 Å². The molecule has 1 aromatic carbocycles. The van der Waals surface area contributed by atoms with Crippen molar-refractivity contribution in [2.24, 2.45) is 0 Å². The summed E-state index contributed by atoms with van der Waals surface area (Å²) in [6.45, 7) is -1.25. The van der Waals surface area contributed by atoms with Crippen LogP contribution in [-0.2, 0) is 11.3 Å². The van der Waals surface area contributed by atoms with Crippen molar-refractivity contribution in [3.8, 4) is 0 Å². The number of anilines is 1. The second kappa shape index (κ2) is 6.28. The molecule has 3 rings (SSSR count). The zero-order chi connectivity index (χ0) is 18.2. The predicted molar refractivity (Wildman–Crippen MR) is 85.9 cm³/mol. The van der Waals surface area contributed by atoms with Crippen LogP contribution in [0.15, 0.2) is 42.4 Å². The van der Waals surface area contributed by atoms with E-state index in [4.69, 9.17) is 12.2 Å². The number of aromatic nitrogens is 2. The lowest BCUT2D eigenvalue weighted by Crippen LogP contribution is -2.31. The second-order valence-electron chi connectivity index (χ2n) is 5.11. The molecule has 1 fully saturated rings. The Morgan fingerprint density at radius 3 is 2.68 bits per heavy atom. The number of amides is 1. The van der Waals surface area contributed by atoms with Crippen LogP contribution in [0.1, 0.15) is 5.82 Å². The Labute approximate surface area is 144 Å². The maximum absolute atomic E-state index is 13.9. The first-order chi connectivity index (χ1) is 11.8. The lowest BCUT2D eigenvalue weighted by atomic mass is 10.2. The number of carbonyl (C=O) groups is 1. The summed E-state index contributed by atoms with van der Waals surface area (Å²) in [6, 6.07) is 5.53. The number of halogens is 4. The summed E-state index contributed by atoms with van der Waals surface area (Å²) in [7, 11) is 0. The third-order valence-corrected chi connectivity index (χ3v) is 3.63. The highest BCUT2D eigenvalue weighted by Crippen LogP contribution is 2.25. The third-order valence-electron chi connectivity index (χ3n) is 3.34. The highest BCUT2D eigenvalue weighted by atomic mass is 32.1. The summed E-state index contributed by atoms with van der Waals surface area (Å²) in [5.41, 5.74) is -0.144. The van der Waals surface area contributed by atoms with Crippen molar-refractivity contribution in [1.29, 1.82) is 0 Å². The fourth-order valence-corrected chi connectivity index (χ4v) is 2.59. The van der Waals surface area contributed by atoms with Crippen molar-refractivity contribution in [3.63, 3.8) is 0 Å². The molecule has 0 unspecified atom stereocenters. The average Bonchev–Trinajstić information content (AvgIpc) is 3.04. The van der Waals surface area contributed by atoms with E-state index < -0.39 is 24.4 Å². The topological polar surface area (TPSA) is 50.2 Å². The average molecular weight is 370 g/mol. The molecule has 0 spiro atoms. The Morgan fingerprint density at radius 1 is 1.28 bits per heavy atom. The number of hydrogen-bond donors (Lipinski definition) is 1. The van der Waals surface area contributed by atoms with E-state index in [0.29, 0.717) is 0 Å². The van der Waals surface area contributed by atoms with E-state index >= 15 is 0 Å².